The Balaban J connectivity index is 0.000000531. The van der Waals surface area contributed by atoms with Gasteiger partial charge in [-0.2, -0.15) is 9.97 Å². The maximum absolute atomic E-state index is 16.0. The summed E-state index contributed by atoms with van der Waals surface area (Å²) < 4.78 is 27.1. The van der Waals surface area contributed by atoms with Crippen molar-refractivity contribution in [3.63, 3.8) is 0 Å². The normalized spacial score (nSPS) is 17.5. The Labute approximate surface area is 279 Å². The van der Waals surface area contributed by atoms with E-state index in [1.165, 1.54) is 25.7 Å². The van der Waals surface area contributed by atoms with Gasteiger partial charge in [-0.3, -0.25) is 9.88 Å². The predicted molar refractivity (Wildman–Crippen MR) is 185 cm³/mol. The molecule has 46 heavy (non-hydrogen) atoms. The van der Waals surface area contributed by atoms with E-state index in [1.54, 1.807) is 37.6 Å². The molecule has 1 aliphatic carbocycles. The van der Waals surface area contributed by atoms with E-state index >= 15 is 4.39 Å². The summed E-state index contributed by atoms with van der Waals surface area (Å²) in [6.45, 7) is 10.7. The lowest BCUT2D eigenvalue weighted by atomic mass is 9.95. The fraction of sp³-hybridized carbons (Fsp3) is 0.639. The average Bonchev–Trinajstić information content (AvgIpc) is 3.67. The van der Waals surface area contributed by atoms with Gasteiger partial charge in [-0.05, 0) is 88.4 Å². The van der Waals surface area contributed by atoms with E-state index in [-0.39, 0.29) is 35.3 Å². The highest BCUT2D eigenvalue weighted by Gasteiger charge is 2.45. The second-order valence-electron chi connectivity index (χ2n) is 12.6. The number of anilines is 1. The van der Waals surface area contributed by atoms with Crippen molar-refractivity contribution in [2.24, 2.45) is 11.8 Å². The number of nitrogens with zero attached hydrogens (tertiary/aromatic N) is 5. The van der Waals surface area contributed by atoms with Crippen molar-refractivity contribution in [3.8, 4) is 17.3 Å². The zero-order chi connectivity index (χ0) is 33.1. The molecule has 1 aromatic carbocycles. The van der Waals surface area contributed by atoms with E-state index < -0.39 is 5.82 Å². The van der Waals surface area contributed by atoms with Gasteiger partial charge in [0.25, 0.3) is 0 Å². The smallest absolute Gasteiger partial charge is 0.319 e. The molecular formula is C36H53ClFN5O3. The van der Waals surface area contributed by atoms with Gasteiger partial charge in [-0.1, -0.05) is 50.9 Å². The first-order valence-corrected chi connectivity index (χ1v) is 17.6. The van der Waals surface area contributed by atoms with Gasteiger partial charge in [-0.15, -0.1) is 0 Å². The number of rotatable bonds is 13. The van der Waals surface area contributed by atoms with Crippen molar-refractivity contribution >= 4 is 28.3 Å². The first kappa shape index (κ1) is 36.2. The number of methoxy groups -OCH3 is 1. The first-order valence-electron chi connectivity index (χ1n) is 17.2. The number of aliphatic hydroxyl groups excluding tert-OH is 1. The minimum atomic E-state index is -0.514. The molecule has 8 nitrogen and oxygen atoms in total. The van der Waals surface area contributed by atoms with Gasteiger partial charge in [-0.25, -0.2) is 4.39 Å². The Kier molecular flexibility index (Phi) is 13.8. The Morgan fingerprint density at radius 2 is 1.91 bits per heavy atom. The van der Waals surface area contributed by atoms with E-state index in [1.807, 2.05) is 25.8 Å². The maximum Gasteiger partial charge on any atom is 0.319 e. The van der Waals surface area contributed by atoms with Gasteiger partial charge >= 0.3 is 6.01 Å². The third-order valence-electron chi connectivity index (χ3n) is 9.43. The highest BCUT2D eigenvalue weighted by molar-refractivity contribution is 6.30. The molecule has 10 heteroatoms. The van der Waals surface area contributed by atoms with E-state index in [9.17, 15) is 5.11 Å². The topological polar surface area (TPSA) is 83.8 Å². The molecule has 4 heterocycles. The molecule has 1 N–H and O–H groups in total. The van der Waals surface area contributed by atoms with Crippen LogP contribution in [-0.2, 0) is 4.74 Å². The molecule has 2 saturated heterocycles. The van der Waals surface area contributed by atoms with Crippen LogP contribution in [0, 0.1) is 17.7 Å². The summed E-state index contributed by atoms with van der Waals surface area (Å²) in [7, 11) is 3.71. The third kappa shape index (κ3) is 9.06. The second-order valence-corrected chi connectivity index (χ2v) is 13.1. The fourth-order valence-corrected chi connectivity index (χ4v) is 6.73. The van der Waals surface area contributed by atoms with Gasteiger partial charge < -0.3 is 19.5 Å². The van der Waals surface area contributed by atoms with Crippen LogP contribution in [0.15, 0.2) is 30.5 Å². The molecule has 0 radical (unpaired) electrons. The summed E-state index contributed by atoms with van der Waals surface area (Å²) in [6.07, 6.45) is 11.7. The van der Waals surface area contributed by atoms with Crippen molar-refractivity contribution in [1.29, 1.82) is 0 Å². The molecule has 0 bridgehead atoms. The Morgan fingerprint density at radius 3 is 2.52 bits per heavy atom. The predicted octanol–water partition coefficient (Wildman–Crippen LogP) is 7.80. The monoisotopic (exact) mass is 657 g/mol. The lowest BCUT2D eigenvalue weighted by molar-refractivity contribution is 0.108. The Morgan fingerprint density at radius 1 is 1.17 bits per heavy atom. The van der Waals surface area contributed by atoms with E-state index in [2.05, 4.69) is 21.8 Å². The van der Waals surface area contributed by atoms with Crippen molar-refractivity contribution in [2.75, 3.05) is 58.5 Å². The first-order chi connectivity index (χ1) is 22.4. The van der Waals surface area contributed by atoms with E-state index in [4.69, 9.17) is 26.1 Å². The van der Waals surface area contributed by atoms with Crippen molar-refractivity contribution < 1.29 is 19.0 Å². The third-order valence-corrected chi connectivity index (χ3v) is 9.66. The minimum Gasteiger partial charge on any atom is -0.461 e. The van der Waals surface area contributed by atoms with Crippen LogP contribution in [0.4, 0.5) is 10.2 Å². The molecule has 0 spiro atoms. The number of hydrogen-bond acceptors (Lipinski definition) is 8. The number of benzene rings is 1. The molecule has 1 saturated carbocycles. The Bertz CT molecular complexity index is 1380. The lowest BCUT2D eigenvalue weighted by Crippen LogP contribution is -2.43. The molecule has 2 aliphatic heterocycles. The van der Waals surface area contributed by atoms with Crippen molar-refractivity contribution in [3.05, 3.63) is 41.3 Å². The average molecular weight is 658 g/mol. The Hall–Kier alpha value is -2.59. The highest BCUT2D eigenvalue weighted by atomic mass is 35.5. The molecule has 0 amide bonds. The zero-order valence-corrected chi connectivity index (χ0v) is 29.2. The molecule has 254 valence electrons. The maximum atomic E-state index is 16.0. The number of pyridine rings is 1. The molecule has 1 unspecified atom stereocenters. The van der Waals surface area contributed by atoms with Crippen LogP contribution in [-0.4, -0.2) is 84.1 Å². The molecule has 1 atom stereocenters. The summed E-state index contributed by atoms with van der Waals surface area (Å²) in [5, 5.41) is 10.6. The van der Waals surface area contributed by atoms with Gasteiger partial charge in [0, 0.05) is 50.7 Å². The van der Waals surface area contributed by atoms with Crippen LogP contribution >= 0.6 is 11.6 Å². The molecule has 2 aromatic heterocycles. The SMILES string of the molecule is CC.CCC(CO)CCCN(C)c1nc(OCC23CCCN2CCC3)nc2c(F)c(-c3cccc(Cl)c3)ncc12.COCC1CC1. The van der Waals surface area contributed by atoms with Gasteiger partial charge in [0.1, 0.15) is 23.6 Å². The van der Waals surface area contributed by atoms with Crippen molar-refractivity contribution in [2.45, 2.75) is 84.1 Å². The van der Waals surface area contributed by atoms with Gasteiger partial charge in [0.15, 0.2) is 5.82 Å². The molecule has 6 rings (SSSR count). The number of hydrogen-bond donors (Lipinski definition) is 1. The molecular weight excluding hydrogens is 605 g/mol. The summed E-state index contributed by atoms with van der Waals surface area (Å²) in [5.74, 6) is 1.29. The summed E-state index contributed by atoms with van der Waals surface area (Å²) in [6, 6.07) is 7.20. The van der Waals surface area contributed by atoms with Gasteiger partial charge in [0.2, 0.25) is 0 Å². The number of aromatic nitrogens is 3. The molecule has 3 aliphatic rings. The van der Waals surface area contributed by atoms with Crippen molar-refractivity contribution in [1.82, 2.24) is 19.9 Å². The number of ether oxygens (including phenoxy) is 2. The minimum absolute atomic E-state index is 0.0343. The van der Waals surface area contributed by atoms with Gasteiger partial charge in [0.05, 0.1) is 10.9 Å². The standard InChI is InChI=1S/C29H37ClFN5O2.C5H10O.C2H6/c1-3-20(18-37)8-5-13-35(2)27-23-17-32-25(21-9-4-10-22(30)16-21)24(31)26(23)33-28(34-27)38-19-29-11-6-14-36(29)15-7-12-29;1-6-4-5-2-3-5;1-2/h4,9-10,16-17,20,37H,3,5-8,11-15,18-19H2,1-2H3;5H,2-4H2,1H3;1-2H3. The largest absolute Gasteiger partial charge is 0.461 e. The molecule has 3 fully saturated rings. The lowest BCUT2D eigenvalue weighted by Gasteiger charge is -2.31. The number of aliphatic hydroxyl groups is 1. The summed E-state index contributed by atoms with van der Waals surface area (Å²) in [5.41, 5.74) is 1.01. The summed E-state index contributed by atoms with van der Waals surface area (Å²) >= 11 is 6.17. The van der Waals surface area contributed by atoms with Crippen LogP contribution in [0.1, 0.15) is 78.6 Å². The quantitative estimate of drug-likeness (QED) is 0.199. The van der Waals surface area contributed by atoms with Crippen LogP contribution in [0.3, 0.4) is 0 Å². The molecule has 3 aromatic rings. The van der Waals surface area contributed by atoms with E-state index in [0.29, 0.717) is 34.9 Å². The van der Waals surface area contributed by atoms with E-state index in [0.717, 1.165) is 57.7 Å². The van der Waals surface area contributed by atoms with Crippen LogP contribution in [0.25, 0.3) is 22.2 Å². The second kappa shape index (κ2) is 17.5. The van der Waals surface area contributed by atoms with Crippen LogP contribution in [0.5, 0.6) is 6.01 Å². The number of halogens is 2. The highest BCUT2D eigenvalue weighted by Crippen LogP contribution is 2.39. The number of fused-ring (bicyclic) bond motifs is 2. The zero-order valence-electron chi connectivity index (χ0n) is 28.4. The summed E-state index contributed by atoms with van der Waals surface area (Å²) in [4.78, 5) is 18.3. The van der Waals surface area contributed by atoms with Crippen LogP contribution in [0.2, 0.25) is 5.02 Å². The fourth-order valence-electron chi connectivity index (χ4n) is 6.54. The van der Waals surface area contributed by atoms with Crippen LogP contribution < -0.4 is 9.64 Å².